The zero-order chi connectivity index (χ0) is 12.9. The molecule has 1 amide bonds. The molecule has 0 aliphatic heterocycles. The lowest BCUT2D eigenvalue weighted by Gasteiger charge is -2.35. The Balaban J connectivity index is 4.16. The molecule has 0 bridgehead atoms. The highest BCUT2D eigenvalue weighted by Gasteiger charge is 2.24. The van der Waals surface area contributed by atoms with Crippen molar-refractivity contribution >= 4 is 5.91 Å². The van der Waals surface area contributed by atoms with Gasteiger partial charge >= 0.3 is 0 Å². The number of amides is 1. The number of hydrogen-bond acceptors (Lipinski definition) is 3. The van der Waals surface area contributed by atoms with Crippen molar-refractivity contribution in [1.29, 1.82) is 0 Å². The van der Waals surface area contributed by atoms with E-state index in [2.05, 4.69) is 45.0 Å². The zero-order valence-electron chi connectivity index (χ0n) is 11.5. The molecular weight excluding hydrogens is 202 g/mol. The molecule has 0 radical (unpaired) electrons. The van der Waals surface area contributed by atoms with E-state index in [1.165, 1.54) is 0 Å². The quantitative estimate of drug-likeness (QED) is 0.709. The average molecular weight is 229 g/mol. The van der Waals surface area contributed by atoms with Crippen molar-refractivity contribution in [2.75, 3.05) is 20.6 Å². The first-order valence-corrected chi connectivity index (χ1v) is 5.87. The van der Waals surface area contributed by atoms with E-state index in [1.54, 1.807) is 7.05 Å². The molecule has 2 unspecified atom stereocenters. The minimum Gasteiger partial charge on any atom is -0.368 e. The second-order valence-electron chi connectivity index (χ2n) is 5.55. The van der Waals surface area contributed by atoms with Gasteiger partial charge < -0.3 is 16.0 Å². The van der Waals surface area contributed by atoms with E-state index in [1.807, 2.05) is 0 Å². The first-order chi connectivity index (χ1) is 7.20. The minimum atomic E-state index is -0.278. The van der Waals surface area contributed by atoms with Crippen molar-refractivity contribution in [3.05, 3.63) is 0 Å². The van der Waals surface area contributed by atoms with Crippen LogP contribution < -0.4 is 11.1 Å². The molecule has 2 atom stereocenters. The standard InChI is InChI=1S/C12H27N3O/c1-9(12(2,3)4)15(6)8-7-10(14-5)11(13)16/h9-10,14H,7-8H2,1-6H3,(H2,13,16). The van der Waals surface area contributed by atoms with E-state index in [0.717, 1.165) is 13.0 Å². The third-order valence-corrected chi connectivity index (χ3v) is 3.38. The van der Waals surface area contributed by atoms with Crippen LogP contribution in [-0.2, 0) is 4.79 Å². The molecule has 0 saturated carbocycles. The van der Waals surface area contributed by atoms with Crippen LogP contribution in [0.5, 0.6) is 0 Å². The number of likely N-dealkylation sites (N-methyl/N-ethyl adjacent to an activating group) is 1. The fraction of sp³-hybridized carbons (Fsp3) is 0.917. The van der Waals surface area contributed by atoms with E-state index >= 15 is 0 Å². The highest BCUT2D eigenvalue weighted by molar-refractivity contribution is 5.79. The van der Waals surface area contributed by atoms with Crippen LogP contribution in [0.2, 0.25) is 0 Å². The average Bonchev–Trinajstić information content (AvgIpc) is 2.15. The predicted molar refractivity (Wildman–Crippen MR) is 68.2 cm³/mol. The second-order valence-corrected chi connectivity index (χ2v) is 5.55. The molecule has 0 aromatic rings. The van der Waals surface area contributed by atoms with Crippen molar-refractivity contribution in [3.8, 4) is 0 Å². The lowest BCUT2D eigenvalue weighted by Crippen LogP contribution is -2.45. The molecule has 0 aliphatic carbocycles. The van der Waals surface area contributed by atoms with Crippen molar-refractivity contribution in [2.24, 2.45) is 11.1 Å². The van der Waals surface area contributed by atoms with Crippen LogP contribution in [0.4, 0.5) is 0 Å². The van der Waals surface area contributed by atoms with Crippen molar-refractivity contribution in [2.45, 2.75) is 46.2 Å². The summed E-state index contributed by atoms with van der Waals surface area (Å²) in [6, 6.07) is 0.243. The molecule has 0 aromatic carbocycles. The monoisotopic (exact) mass is 229 g/mol. The lowest BCUT2D eigenvalue weighted by molar-refractivity contribution is -0.120. The number of rotatable bonds is 6. The highest BCUT2D eigenvalue weighted by Crippen LogP contribution is 2.22. The van der Waals surface area contributed by atoms with Gasteiger partial charge in [-0.15, -0.1) is 0 Å². The van der Waals surface area contributed by atoms with E-state index < -0.39 is 0 Å². The van der Waals surface area contributed by atoms with E-state index in [4.69, 9.17) is 5.73 Å². The molecule has 4 nitrogen and oxygen atoms in total. The SMILES string of the molecule is CNC(CCN(C)C(C)C(C)(C)C)C(N)=O. The molecule has 0 heterocycles. The van der Waals surface area contributed by atoms with Crippen LogP contribution >= 0.6 is 0 Å². The Labute approximate surface area is 99.6 Å². The van der Waals surface area contributed by atoms with Crippen LogP contribution in [0.15, 0.2) is 0 Å². The molecule has 0 spiro atoms. The van der Waals surface area contributed by atoms with Gasteiger partial charge in [0.25, 0.3) is 0 Å². The fourth-order valence-corrected chi connectivity index (χ4v) is 1.62. The van der Waals surface area contributed by atoms with Crippen LogP contribution in [0.3, 0.4) is 0 Å². The predicted octanol–water partition coefficient (Wildman–Crippen LogP) is 0.816. The van der Waals surface area contributed by atoms with E-state index in [0.29, 0.717) is 6.04 Å². The molecular formula is C12H27N3O. The van der Waals surface area contributed by atoms with Crippen molar-refractivity contribution in [1.82, 2.24) is 10.2 Å². The molecule has 0 rings (SSSR count). The number of nitrogens with two attached hydrogens (primary N) is 1. The summed E-state index contributed by atoms with van der Waals surface area (Å²) >= 11 is 0. The summed E-state index contributed by atoms with van der Waals surface area (Å²) in [6.45, 7) is 9.74. The summed E-state index contributed by atoms with van der Waals surface area (Å²) in [4.78, 5) is 13.3. The Kier molecular flexibility index (Phi) is 5.97. The van der Waals surface area contributed by atoms with Gasteiger partial charge in [-0.05, 0) is 32.9 Å². The summed E-state index contributed by atoms with van der Waals surface area (Å²) < 4.78 is 0. The first kappa shape index (κ1) is 15.4. The van der Waals surface area contributed by atoms with E-state index in [-0.39, 0.29) is 17.4 Å². The van der Waals surface area contributed by atoms with E-state index in [9.17, 15) is 4.79 Å². The first-order valence-electron chi connectivity index (χ1n) is 5.87. The summed E-state index contributed by atoms with van der Waals surface area (Å²) in [5, 5.41) is 2.93. The fourth-order valence-electron chi connectivity index (χ4n) is 1.62. The second kappa shape index (κ2) is 6.21. The topological polar surface area (TPSA) is 58.4 Å². The maximum Gasteiger partial charge on any atom is 0.234 e. The Bertz CT molecular complexity index is 223. The number of nitrogens with zero attached hydrogens (tertiary/aromatic N) is 1. The molecule has 96 valence electrons. The summed E-state index contributed by atoms with van der Waals surface area (Å²) in [5.41, 5.74) is 5.52. The number of carbonyl (C=O) groups is 1. The molecule has 0 aromatic heterocycles. The number of nitrogens with one attached hydrogen (secondary N) is 1. The number of hydrogen-bond donors (Lipinski definition) is 2. The smallest absolute Gasteiger partial charge is 0.234 e. The van der Waals surface area contributed by atoms with Crippen LogP contribution in [0, 0.1) is 5.41 Å². The molecule has 4 heteroatoms. The molecule has 3 N–H and O–H groups in total. The maximum absolute atomic E-state index is 11.1. The van der Waals surface area contributed by atoms with Crippen LogP contribution in [-0.4, -0.2) is 43.5 Å². The van der Waals surface area contributed by atoms with Gasteiger partial charge in [0.05, 0.1) is 6.04 Å². The van der Waals surface area contributed by atoms with Gasteiger partial charge in [0.2, 0.25) is 5.91 Å². The lowest BCUT2D eigenvalue weighted by atomic mass is 9.87. The van der Waals surface area contributed by atoms with Crippen LogP contribution in [0.25, 0.3) is 0 Å². The third kappa shape index (κ3) is 4.94. The Morgan fingerprint density at radius 1 is 1.44 bits per heavy atom. The number of primary amides is 1. The minimum absolute atomic E-state index is 0.227. The van der Waals surface area contributed by atoms with Gasteiger partial charge in [-0.3, -0.25) is 4.79 Å². The van der Waals surface area contributed by atoms with Crippen molar-refractivity contribution in [3.63, 3.8) is 0 Å². The van der Waals surface area contributed by atoms with Gasteiger partial charge in [0.1, 0.15) is 0 Å². The Hall–Kier alpha value is -0.610. The molecule has 0 aliphatic rings. The Morgan fingerprint density at radius 2 is 1.94 bits per heavy atom. The maximum atomic E-state index is 11.1. The van der Waals surface area contributed by atoms with Gasteiger partial charge in [-0.25, -0.2) is 0 Å². The normalized spacial score (nSPS) is 16.2. The number of carbonyl (C=O) groups excluding carboxylic acids is 1. The molecule has 0 fully saturated rings. The summed E-state index contributed by atoms with van der Waals surface area (Å²) in [5.74, 6) is -0.278. The molecule has 16 heavy (non-hydrogen) atoms. The van der Waals surface area contributed by atoms with Gasteiger partial charge in [-0.2, -0.15) is 0 Å². The highest BCUT2D eigenvalue weighted by atomic mass is 16.1. The van der Waals surface area contributed by atoms with Gasteiger partial charge in [-0.1, -0.05) is 20.8 Å². The molecule has 0 saturated heterocycles. The summed E-state index contributed by atoms with van der Waals surface area (Å²) in [6.07, 6.45) is 0.753. The largest absolute Gasteiger partial charge is 0.368 e. The summed E-state index contributed by atoms with van der Waals surface area (Å²) in [7, 11) is 3.85. The third-order valence-electron chi connectivity index (χ3n) is 3.38. The Morgan fingerprint density at radius 3 is 2.25 bits per heavy atom. The van der Waals surface area contributed by atoms with Crippen LogP contribution in [0.1, 0.15) is 34.1 Å². The van der Waals surface area contributed by atoms with Gasteiger partial charge in [0, 0.05) is 12.6 Å². The van der Waals surface area contributed by atoms with Gasteiger partial charge in [0.15, 0.2) is 0 Å². The van der Waals surface area contributed by atoms with Crippen molar-refractivity contribution < 1.29 is 4.79 Å². The zero-order valence-corrected chi connectivity index (χ0v) is 11.5.